The Morgan fingerprint density at radius 1 is 1.29 bits per heavy atom. The summed E-state index contributed by atoms with van der Waals surface area (Å²) in [5.41, 5.74) is -0.553. The fraction of sp³-hybridized carbons (Fsp3) is 0.714. The molecule has 0 aromatic carbocycles. The van der Waals surface area contributed by atoms with Crippen molar-refractivity contribution in [2.75, 3.05) is 6.61 Å². The van der Waals surface area contributed by atoms with Crippen LogP contribution in [0, 0.1) is 11.8 Å². The fourth-order valence-corrected chi connectivity index (χ4v) is 1.64. The quantitative estimate of drug-likeness (QED) is 0.550. The minimum absolute atomic E-state index is 0.0589. The van der Waals surface area contributed by atoms with Crippen LogP contribution in [0.4, 0.5) is 13.2 Å². The van der Waals surface area contributed by atoms with E-state index in [9.17, 15) is 22.8 Å². The van der Waals surface area contributed by atoms with Crippen molar-refractivity contribution in [3.63, 3.8) is 0 Å². The lowest BCUT2D eigenvalue weighted by Gasteiger charge is -2.17. The minimum atomic E-state index is -4.51. The number of aliphatic carboxylic acids is 1. The van der Waals surface area contributed by atoms with E-state index in [0.717, 1.165) is 0 Å². The Balaban J connectivity index is 5.15. The molecule has 0 saturated heterocycles. The van der Waals surface area contributed by atoms with E-state index in [1.54, 1.807) is 20.8 Å². The van der Waals surface area contributed by atoms with Gasteiger partial charge in [0, 0.05) is 5.57 Å². The van der Waals surface area contributed by atoms with Crippen LogP contribution in [0.3, 0.4) is 0 Å². The highest BCUT2D eigenvalue weighted by Gasteiger charge is 2.31. The van der Waals surface area contributed by atoms with Gasteiger partial charge in [0.2, 0.25) is 0 Å². The first-order valence-electron chi connectivity index (χ1n) is 6.75. The van der Waals surface area contributed by atoms with Gasteiger partial charge in [0.1, 0.15) is 0 Å². The van der Waals surface area contributed by atoms with Gasteiger partial charge in [-0.15, -0.1) is 0 Å². The van der Waals surface area contributed by atoms with E-state index in [4.69, 9.17) is 9.84 Å². The summed E-state index contributed by atoms with van der Waals surface area (Å²) < 4.78 is 41.6. The summed E-state index contributed by atoms with van der Waals surface area (Å²) in [6.07, 6.45) is -4.75. The smallest absolute Gasteiger partial charge is 0.392 e. The maximum atomic E-state index is 12.2. The molecule has 0 rings (SSSR count). The number of rotatable bonds is 8. The molecule has 0 saturated carbocycles. The highest BCUT2D eigenvalue weighted by atomic mass is 19.4. The zero-order valence-electron chi connectivity index (χ0n) is 12.4. The molecule has 0 spiro atoms. The Morgan fingerprint density at radius 3 is 2.24 bits per heavy atom. The van der Waals surface area contributed by atoms with Crippen LogP contribution in [-0.4, -0.2) is 29.8 Å². The van der Waals surface area contributed by atoms with Crippen molar-refractivity contribution in [1.29, 1.82) is 0 Å². The van der Waals surface area contributed by atoms with Crippen LogP contribution in [0.15, 0.2) is 11.6 Å². The molecule has 0 aliphatic heterocycles. The van der Waals surface area contributed by atoms with Crippen LogP contribution in [-0.2, 0) is 14.3 Å². The normalized spacial score (nSPS) is 14.1. The fourth-order valence-electron chi connectivity index (χ4n) is 1.64. The number of hydrogen-bond donors (Lipinski definition) is 1. The third-order valence-corrected chi connectivity index (χ3v) is 2.60. The predicted molar refractivity (Wildman–Crippen MR) is 70.6 cm³/mol. The van der Waals surface area contributed by atoms with Crippen molar-refractivity contribution in [3.05, 3.63) is 11.6 Å². The highest BCUT2D eigenvalue weighted by molar-refractivity contribution is 5.94. The number of hydrogen-bond acceptors (Lipinski definition) is 3. The van der Waals surface area contributed by atoms with Crippen LogP contribution < -0.4 is 0 Å². The number of carbonyl (C=O) groups excluding carboxylic acids is 1. The number of esters is 1. The van der Waals surface area contributed by atoms with Gasteiger partial charge in [-0.25, -0.2) is 4.79 Å². The third-order valence-electron chi connectivity index (χ3n) is 2.60. The van der Waals surface area contributed by atoms with E-state index in [1.165, 1.54) is 0 Å². The molecule has 0 aromatic rings. The summed E-state index contributed by atoms with van der Waals surface area (Å²) in [6, 6.07) is 0. The number of alkyl halides is 3. The van der Waals surface area contributed by atoms with Gasteiger partial charge in [-0.2, -0.15) is 13.2 Å². The Hall–Kier alpha value is -1.53. The van der Waals surface area contributed by atoms with Crippen molar-refractivity contribution < 1.29 is 32.6 Å². The Labute approximate surface area is 122 Å². The zero-order valence-corrected chi connectivity index (χ0v) is 12.4. The monoisotopic (exact) mass is 310 g/mol. The Kier molecular flexibility index (Phi) is 8.06. The molecule has 0 bridgehead atoms. The van der Waals surface area contributed by atoms with Crippen molar-refractivity contribution >= 4 is 11.9 Å². The molecule has 0 unspecified atom stereocenters. The number of halogens is 3. The zero-order chi connectivity index (χ0) is 16.6. The summed E-state index contributed by atoms with van der Waals surface area (Å²) in [5.74, 6) is -3.43. The van der Waals surface area contributed by atoms with Crippen LogP contribution in [0.1, 0.15) is 40.0 Å². The predicted octanol–water partition coefficient (Wildman–Crippen LogP) is 3.57. The van der Waals surface area contributed by atoms with Crippen LogP contribution in [0.25, 0.3) is 0 Å². The summed E-state index contributed by atoms with van der Waals surface area (Å²) in [4.78, 5) is 23.0. The van der Waals surface area contributed by atoms with Crippen LogP contribution in [0.5, 0.6) is 0 Å². The van der Waals surface area contributed by atoms with E-state index in [-0.39, 0.29) is 18.9 Å². The van der Waals surface area contributed by atoms with Gasteiger partial charge in [-0.05, 0) is 12.3 Å². The molecule has 0 aliphatic carbocycles. The second kappa shape index (κ2) is 8.69. The van der Waals surface area contributed by atoms with Gasteiger partial charge in [0.15, 0.2) is 0 Å². The van der Waals surface area contributed by atoms with Crippen molar-refractivity contribution in [2.24, 2.45) is 11.8 Å². The number of carbonyl (C=O) groups is 2. The summed E-state index contributed by atoms with van der Waals surface area (Å²) >= 11 is 0. The van der Waals surface area contributed by atoms with Gasteiger partial charge in [0.05, 0.1) is 18.9 Å². The second-order valence-electron chi connectivity index (χ2n) is 5.15. The molecular formula is C14H21F3O4. The molecule has 0 heterocycles. The molecule has 0 aliphatic rings. The number of carboxylic acid groups (broad SMARTS) is 1. The highest BCUT2D eigenvalue weighted by Crippen LogP contribution is 2.25. The molecule has 0 radical (unpaired) electrons. The lowest BCUT2D eigenvalue weighted by molar-refractivity contribution is -0.150. The molecule has 7 heteroatoms. The first-order chi connectivity index (χ1) is 9.58. The second-order valence-corrected chi connectivity index (χ2v) is 5.15. The van der Waals surface area contributed by atoms with E-state index < -0.39 is 36.0 Å². The van der Waals surface area contributed by atoms with Crippen molar-refractivity contribution in [1.82, 2.24) is 0 Å². The van der Waals surface area contributed by atoms with Gasteiger partial charge >= 0.3 is 18.1 Å². The van der Waals surface area contributed by atoms with E-state index in [0.29, 0.717) is 12.5 Å². The van der Waals surface area contributed by atoms with Crippen LogP contribution in [0.2, 0.25) is 0 Å². The largest absolute Gasteiger partial charge is 0.478 e. The summed E-state index contributed by atoms with van der Waals surface area (Å²) in [7, 11) is 0. The maximum Gasteiger partial charge on any atom is 0.392 e. The number of allylic oxidation sites excluding steroid dienone is 1. The molecule has 0 fully saturated rings. The van der Waals surface area contributed by atoms with Crippen molar-refractivity contribution in [2.45, 2.75) is 46.2 Å². The molecule has 1 N–H and O–H groups in total. The summed E-state index contributed by atoms with van der Waals surface area (Å²) in [6.45, 7) is 5.43. The van der Waals surface area contributed by atoms with Gasteiger partial charge in [-0.1, -0.05) is 33.3 Å². The Morgan fingerprint density at radius 2 is 1.86 bits per heavy atom. The third kappa shape index (κ3) is 8.37. The van der Waals surface area contributed by atoms with E-state index in [1.807, 2.05) is 0 Å². The molecule has 1 atom stereocenters. The van der Waals surface area contributed by atoms with Crippen molar-refractivity contribution in [3.8, 4) is 0 Å². The molecule has 4 nitrogen and oxygen atoms in total. The molecule has 0 aromatic heterocycles. The first kappa shape index (κ1) is 19.5. The standard InChI is InChI=1S/C14H21F3O4/c1-4-5-11(13(20)21-8-9(2)3)10(12(18)19)6-7-14(15,16)17/h6,9,11H,4-5,7-8H2,1-3H3,(H,18,19)/b10-6-/t11-/m0/s1. The maximum absolute atomic E-state index is 12.2. The van der Waals surface area contributed by atoms with Gasteiger partial charge in [0.25, 0.3) is 0 Å². The number of ether oxygens (including phenoxy) is 1. The first-order valence-corrected chi connectivity index (χ1v) is 6.75. The average Bonchev–Trinajstić information content (AvgIpc) is 2.33. The lowest BCUT2D eigenvalue weighted by Crippen LogP contribution is -2.25. The van der Waals surface area contributed by atoms with Crippen LogP contribution >= 0.6 is 0 Å². The average molecular weight is 310 g/mol. The number of carboxylic acids is 1. The topological polar surface area (TPSA) is 63.6 Å². The van der Waals surface area contributed by atoms with Gasteiger partial charge in [-0.3, -0.25) is 4.79 Å². The van der Waals surface area contributed by atoms with E-state index in [2.05, 4.69) is 0 Å². The molecule has 122 valence electrons. The minimum Gasteiger partial charge on any atom is -0.478 e. The summed E-state index contributed by atoms with van der Waals surface area (Å²) in [5, 5.41) is 9.05. The molecule has 0 amide bonds. The SMILES string of the molecule is CCC[C@H](C(=O)OCC(C)C)/C(=C/CC(F)(F)F)C(=O)O. The van der Waals surface area contributed by atoms with Gasteiger partial charge < -0.3 is 9.84 Å². The molecular weight excluding hydrogens is 289 g/mol. The van der Waals surface area contributed by atoms with E-state index >= 15 is 0 Å². The Bertz CT molecular complexity index is 386. The molecule has 21 heavy (non-hydrogen) atoms. The lowest BCUT2D eigenvalue weighted by atomic mass is 9.93.